The lowest BCUT2D eigenvalue weighted by atomic mass is 10.0. The van der Waals surface area contributed by atoms with E-state index in [4.69, 9.17) is 0 Å². The van der Waals surface area contributed by atoms with E-state index in [0.717, 1.165) is 0 Å². The van der Waals surface area contributed by atoms with Crippen LogP contribution in [0.5, 0.6) is 0 Å². The van der Waals surface area contributed by atoms with Gasteiger partial charge in [0.05, 0.1) is 4.47 Å². The SMILES string of the molecule is CNC(CCCC(F)(F)F)c1cccc(F)c1Br. The number of halogens is 5. The summed E-state index contributed by atoms with van der Waals surface area (Å²) >= 11 is 3.12. The molecule has 18 heavy (non-hydrogen) atoms. The van der Waals surface area contributed by atoms with Gasteiger partial charge in [-0.2, -0.15) is 13.2 Å². The minimum atomic E-state index is -4.14. The summed E-state index contributed by atoms with van der Waals surface area (Å²) in [4.78, 5) is 0. The van der Waals surface area contributed by atoms with Crippen LogP contribution < -0.4 is 5.32 Å². The van der Waals surface area contributed by atoms with Crippen LogP contribution in [0.2, 0.25) is 0 Å². The zero-order valence-electron chi connectivity index (χ0n) is 9.82. The Hall–Kier alpha value is -0.620. The first kappa shape index (κ1) is 15.4. The molecule has 0 heterocycles. The quantitative estimate of drug-likeness (QED) is 0.780. The van der Waals surface area contributed by atoms with Gasteiger partial charge in [0.15, 0.2) is 0 Å². The molecule has 1 aromatic rings. The Morgan fingerprint density at radius 1 is 1.33 bits per heavy atom. The van der Waals surface area contributed by atoms with Crippen molar-refractivity contribution in [3.05, 3.63) is 34.1 Å². The van der Waals surface area contributed by atoms with Crippen molar-refractivity contribution in [2.45, 2.75) is 31.5 Å². The van der Waals surface area contributed by atoms with E-state index in [1.807, 2.05) is 0 Å². The molecule has 0 spiro atoms. The highest BCUT2D eigenvalue weighted by Crippen LogP contribution is 2.30. The Morgan fingerprint density at radius 3 is 2.56 bits per heavy atom. The van der Waals surface area contributed by atoms with Crippen molar-refractivity contribution in [1.82, 2.24) is 5.32 Å². The Morgan fingerprint density at radius 2 is 2.00 bits per heavy atom. The molecule has 0 aliphatic heterocycles. The maximum atomic E-state index is 13.3. The van der Waals surface area contributed by atoms with Crippen molar-refractivity contribution >= 4 is 15.9 Å². The minimum absolute atomic E-state index is 0.0119. The van der Waals surface area contributed by atoms with E-state index in [1.165, 1.54) is 6.07 Å². The predicted molar refractivity (Wildman–Crippen MR) is 65.8 cm³/mol. The monoisotopic (exact) mass is 327 g/mol. The lowest BCUT2D eigenvalue weighted by Crippen LogP contribution is -2.18. The molecule has 0 bridgehead atoms. The normalized spacial score (nSPS) is 13.7. The van der Waals surface area contributed by atoms with E-state index in [-0.39, 0.29) is 12.5 Å². The van der Waals surface area contributed by atoms with E-state index in [1.54, 1.807) is 19.2 Å². The van der Waals surface area contributed by atoms with Crippen molar-refractivity contribution in [3.8, 4) is 0 Å². The molecule has 0 saturated heterocycles. The lowest BCUT2D eigenvalue weighted by molar-refractivity contribution is -0.135. The van der Waals surface area contributed by atoms with Crippen molar-refractivity contribution < 1.29 is 17.6 Å². The summed E-state index contributed by atoms with van der Waals surface area (Å²) in [6.45, 7) is 0. The van der Waals surface area contributed by atoms with Gasteiger partial charge >= 0.3 is 6.18 Å². The highest BCUT2D eigenvalue weighted by molar-refractivity contribution is 9.10. The fraction of sp³-hybridized carbons (Fsp3) is 0.500. The zero-order valence-corrected chi connectivity index (χ0v) is 11.4. The molecule has 1 nitrogen and oxygen atoms in total. The topological polar surface area (TPSA) is 12.0 Å². The van der Waals surface area contributed by atoms with Crippen LogP contribution in [-0.2, 0) is 0 Å². The molecule has 1 atom stereocenters. The average molecular weight is 328 g/mol. The van der Waals surface area contributed by atoms with Gasteiger partial charge in [0.25, 0.3) is 0 Å². The molecule has 0 amide bonds. The highest BCUT2D eigenvalue weighted by atomic mass is 79.9. The van der Waals surface area contributed by atoms with Crippen LogP contribution in [0.25, 0.3) is 0 Å². The van der Waals surface area contributed by atoms with Gasteiger partial charge in [0, 0.05) is 12.5 Å². The van der Waals surface area contributed by atoms with Crippen molar-refractivity contribution in [2.24, 2.45) is 0 Å². The maximum absolute atomic E-state index is 13.3. The van der Waals surface area contributed by atoms with Crippen LogP contribution in [0.3, 0.4) is 0 Å². The average Bonchev–Trinajstić information content (AvgIpc) is 2.27. The van der Waals surface area contributed by atoms with Crippen LogP contribution in [0.4, 0.5) is 17.6 Å². The summed E-state index contributed by atoms with van der Waals surface area (Å²) in [7, 11) is 1.65. The first-order chi connectivity index (χ1) is 8.35. The van der Waals surface area contributed by atoms with Crippen LogP contribution in [0.15, 0.2) is 22.7 Å². The summed E-state index contributed by atoms with van der Waals surface area (Å²) < 4.78 is 49.8. The van der Waals surface area contributed by atoms with Gasteiger partial charge in [-0.1, -0.05) is 12.1 Å². The number of hydrogen-bond acceptors (Lipinski definition) is 1. The first-order valence-electron chi connectivity index (χ1n) is 5.53. The Balaban J connectivity index is 2.69. The predicted octanol–water partition coefficient (Wildman–Crippen LogP) is 4.58. The van der Waals surface area contributed by atoms with Crippen LogP contribution in [0.1, 0.15) is 30.9 Å². The van der Waals surface area contributed by atoms with Gasteiger partial charge in [-0.15, -0.1) is 0 Å². The second-order valence-electron chi connectivity index (χ2n) is 3.99. The molecule has 6 heteroatoms. The molecule has 0 aliphatic carbocycles. The molecule has 1 rings (SSSR count). The Labute approximate surface area is 112 Å². The molecule has 1 N–H and O–H groups in total. The van der Waals surface area contributed by atoms with Crippen LogP contribution in [-0.4, -0.2) is 13.2 Å². The van der Waals surface area contributed by atoms with Crippen LogP contribution >= 0.6 is 15.9 Å². The van der Waals surface area contributed by atoms with E-state index < -0.39 is 18.4 Å². The second kappa shape index (κ2) is 6.52. The fourth-order valence-corrected chi connectivity index (χ4v) is 2.29. The molecular weight excluding hydrogens is 314 g/mol. The Bertz CT molecular complexity index is 392. The lowest BCUT2D eigenvalue weighted by Gasteiger charge is -2.18. The number of hydrogen-bond donors (Lipinski definition) is 1. The standard InChI is InChI=1S/C12H14BrF4N/c1-18-10(6-3-7-12(15,16)17)8-4-2-5-9(14)11(8)13/h2,4-5,10,18H,3,6-7H2,1H3. The molecular formula is C12H14BrF4N. The van der Waals surface area contributed by atoms with Crippen molar-refractivity contribution in [2.75, 3.05) is 7.05 Å². The number of rotatable bonds is 5. The second-order valence-corrected chi connectivity index (χ2v) is 4.78. The largest absolute Gasteiger partial charge is 0.389 e. The third-order valence-corrected chi connectivity index (χ3v) is 3.50. The van der Waals surface area contributed by atoms with E-state index >= 15 is 0 Å². The number of alkyl halides is 3. The van der Waals surface area contributed by atoms with Gasteiger partial charge in [-0.05, 0) is 47.4 Å². The third-order valence-electron chi connectivity index (χ3n) is 2.66. The number of nitrogens with one attached hydrogen (secondary N) is 1. The summed E-state index contributed by atoms with van der Waals surface area (Å²) in [6, 6.07) is 4.25. The molecule has 0 saturated carbocycles. The summed E-state index contributed by atoms with van der Waals surface area (Å²) in [5.41, 5.74) is 0.639. The van der Waals surface area contributed by atoms with Gasteiger partial charge in [0.1, 0.15) is 5.82 Å². The molecule has 1 unspecified atom stereocenters. The molecule has 1 aromatic carbocycles. The molecule has 0 radical (unpaired) electrons. The third kappa shape index (κ3) is 4.57. The van der Waals surface area contributed by atoms with E-state index in [0.29, 0.717) is 16.5 Å². The van der Waals surface area contributed by atoms with E-state index in [9.17, 15) is 17.6 Å². The Kier molecular flexibility index (Phi) is 5.59. The van der Waals surface area contributed by atoms with Gasteiger partial charge in [-0.25, -0.2) is 4.39 Å². The molecule has 102 valence electrons. The van der Waals surface area contributed by atoms with Gasteiger partial charge < -0.3 is 5.32 Å². The maximum Gasteiger partial charge on any atom is 0.389 e. The number of benzene rings is 1. The summed E-state index contributed by atoms with van der Waals surface area (Å²) in [5, 5.41) is 2.91. The molecule has 0 fully saturated rings. The van der Waals surface area contributed by atoms with Gasteiger partial charge in [0.2, 0.25) is 0 Å². The molecule has 0 aromatic heterocycles. The summed E-state index contributed by atoms with van der Waals surface area (Å²) in [5.74, 6) is -0.413. The van der Waals surface area contributed by atoms with Gasteiger partial charge in [-0.3, -0.25) is 0 Å². The first-order valence-corrected chi connectivity index (χ1v) is 6.32. The highest BCUT2D eigenvalue weighted by Gasteiger charge is 2.27. The minimum Gasteiger partial charge on any atom is -0.313 e. The van der Waals surface area contributed by atoms with Crippen molar-refractivity contribution in [3.63, 3.8) is 0 Å². The molecule has 0 aliphatic rings. The summed E-state index contributed by atoms with van der Waals surface area (Å²) in [6.07, 6.45) is -4.65. The van der Waals surface area contributed by atoms with Crippen LogP contribution in [0, 0.1) is 5.82 Å². The zero-order chi connectivity index (χ0) is 13.8. The fourth-order valence-electron chi connectivity index (χ4n) is 1.75. The van der Waals surface area contributed by atoms with Crippen molar-refractivity contribution in [1.29, 1.82) is 0 Å². The van der Waals surface area contributed by atoms with E-state index in [2.05, 4.69) is 21.2 Å². The smallest absolute Gasteiger partial charge is 0.313 e.